The summed E-state index contributed by atoms with van der Waals surface area (Å²) in [6.45, 7) is 0. The number of rotatable bonds is 1. The summed E-state index contributed by atoms with van der Waals surface area (Å²) in [5.41, 5.74) is 2.49. The van der Waals surface area contributed by atoms with Crippen LogP contribution in [-0.4, -0.2) is 0 Å². The smallest absolute Gasteiger partial charge is 0.159 e. The number of halogens is 4. The van der Waals surface area contributed by atoms with Crippen molar-refractivity contribution in [3.8, 4) is 11.1 Å². The van der Waals surface area contributed by atoms with Crippen LogP contribution in [0.5, 0.6) is 0 Å². The van der Waals surface area contributed by atoms with Gasteiger partial charge in [0.05, 0.1) is 0 Å². The van der Waals surface area contributed by atoms with Gasteiger partial charge in [-0.15, -0.1) is 0 Å². The third-order valence-corrected chi connectivity index (χ3v) is 3.77. The second-order valence-corrected chi connectivity index (χ2v) is 10.3. The van der Waals surface area contributed by atoms with Gasteiger partial charge < -0.3 is 0 Å². The van der Waals surface area contributed by atoms with Crippen molar-refractivity contribution in [1.82, 2.24) is 0 Å². The van der Waals surface area contributed by atoms with Crippen LogP contribution >= 0.6 is 47.8 Å². The lowest BCUT2D eigenvalue weighted by atomic mass is 10.0. The van der Waals surface area contributed by atoms with Gasteiger partial charge in [0, 0.05) is 5.56 Å². The Morgan fingerprint density at radius 1 is 0.824 bits per heavy atom. The Morgan fingerprint density at radius 3 is 1.94 bits per heavy atom. The summed E-state index contributed by atoms with van der Waals surface area (Å²) in [6, 6.07) is 14.4. The first-order valence-electron chi connectivity index (χ1n) is 4.90. The van der Waals surface area contributed by atoms with Crippen LogP contribution in [0.1, 0.15) is 5.56 Å². The van der Waals surface area contributed by atoms with Gasteiger partial charge in [-0.3, -0.25) is 0 Å². The highest BCUT2D eigenvalue weighted by Gasteiger charge is 2.20. The molecule has 2 rings (SSSR count). The first-order valence-corrected chi connectivity index (χ1v) is 7.28. The summed E-state index contributed by atoms with van der Waals surface area (Å²) in [5.74, 6) is -0.206. The molecule has 0 radical (unpaired) electrons. The maximum atomic E-state index is 13.6. The summed E-state index contributed by atoms with van der Waals surface area (Å²) in [6.07, 6.45) is 0. The molecule has 0 spiro atoms. The molecule has 2 aromatic rings. The highest BCUT2D eigenvalue weighted by Crippen LogP contribution is 2.44. The lowest BCUT2D eigenvalue weighted by Crippen LogP contribution is -1.96. The highest BCUT2D eigenvalue weighted by molar-refractivity contribution is 9.38. The fourth-order valence-corrected chi connectivity index (χ4v) is 2.33. The predicted molar refractivity (Wildman–Crippen MR) is 80.3 cm³/mol. The third kappa shape index (κ3) is 3.18. The Balaban J connectivity index is 2.40. The molecule has 88 valence electrons. The van der Waals surface area contributed by atoms with E-state index in [2.05, 4.69) is 47.8 Å². The van der Waals surface area contributed by atoms with Gasteiger partial charge in [0.25, 0.3) is 0 Å². The van der Waals surface area contributed by atoms with Gasteiger partial charge in [-0.2, -0.15) is 0 Å². The van der Waals surface area contributed by atoms with Crippen LogP contribution in [-0.2, 0) is 2.14 Å². The van der Waals surface area contributed by atoms with Crippen molar-refractivity contribution in [2.75, 3.05) is 0 Å². The van der Waals surface area contributed by atoms with Crippen LogP contribution in [0.4, 0.5) is 4.39 Å². The minimum absolute atomic E-state index is 0.206. The molecule has 17 heavy (non-hydrogen) atoms. The summed E-state index contributed by atoms with van der Waals surface area (Å²) < 4.78 is 13.2. The number of benzene rings is 2. The standard InChI is InChI=1S/C13H8Br3F/c14-13(15,16)10-7-5-9(6-8-10)11-3-1-2-4-12(11)17/h1-8H. The molecule has 4 heteroatoms. The van der Waals surface area contributed by atoms with Crippen molar-refractivity contribution in [3.63, 3.8) is 0 Å². The molecule has 0 amide bonds. The first kappa shape index (κ1) is 13.2. The zero-order valence-corrected chi connectivity index (χ0v) is 13.4. The van der Waals surface area contributed by atoms with Crippen LogP contribution in [0.15, 0.2) is 48.5 Å². The van der Waals surface area contributed by atoms with Gasteiger partial charge in [-0.05, 0) is 17.2 Å². The van der Waals surface area contributed by atoms with E-state index in [1.807, 2.05) is 30.3 Å². The quantitative estimate of drug-likeness (QED) is 0.510. The summed E-state index contributed by atoms with van der Waals surface area (Å²) in [5, 5.41) is 0. The molecule has 0 fully saturated rings. The van der Waals surface area contributed by atoms with E-state index in [0.717, 1.165) is 11.1 Å². The monoisotopic (exact) mass is 420 g/mol. The Kier molecular flexibility index (Phi) is 4.06. The molecule has 0 aliphatic heterocycles. The van der Waals surface area contributed by atoms with E-state index in [1.165, 1.54) is 6.07 Å². The van der Waals surface area contributed by atoms with Crippen molar-refractivity contribution < 1.29 is 4.39 Å². The summed E-state index contributed by atoms with van der Waals surface area (Å²) in [4.78, 5) is 0. The average Bonchev–Trinajstić information content (AvgIpc) is 2.29. The summed E-state index contributed by atoms with van der Waals surface area (Å²) >= 11 is 10.3. The molecule has 0 aliphatic rings. The van der Waals surface area contributed by atoms with E-state index in [0.29, 0.717) is 5.56 Å². The molecule has 0 nitrogen and oxygen atoms in total. The van der Waals surface area contributed by atoms with E-state index in [4.69, 9.17) is 0 Å². The Morgan fingerprint density at radius 2 is 1.41 bits per heavy atom. The second kappa shape index (κ2) is 5.21. The molecule has 0 N–H and O–H groups in total. The Hall–Kier alpha value is -0.190. The van der Waals surface area contributed by atoms with Crippen LogP contribution in [0, 0.1) is 5.82 Å². The van der Waals surface area contributed by atoms with Crippen LogP contribution in [0.2, 0.25) is 0 Å². The van der Waals surface area contributed by atoms with E-state index >= 15 is 0 Å². The predicted octanol–water partition coefficient (Wildman–Crippen LogP) is 5.79. The van der Waals surface area contributed by atoms with E-state index < -0.39 is 2.14 Å². The highest BCUT2D eigenvalue weighted by atomic mass is 80.0. The zero-order valence-electron chi connectivity index (χ0n) is 8.63. The zero-order chi connectivity index (χ0) is 12.5. The molecule has 0 aliphatic carbocycles. The van der Waals surface area contributed by atoms with Gasteiger partial charge in [0.15, 0.2) is 2.14 Å². The Bertz CT molecular complexity index is 515. The second-order valence-electron chi connectivity index (χ2n) is 3.55. The molecule has 2 aromatic carbocycles. The topological polar surface area (TPSA) is 0 Å². The van der Waals surface area contributed by atoms with Crippen molar-refractivity contribution in [1.29, 1.82) is 0 Å². The normalized spacial score (nSPS) is 11.5. The molecule has 0 bridgehead atoms. The first-order chi connectivity index (χ1) is 7.98. The van der Waals surface area contributed by atoms with Crippen molar-refractivity contribution in [3.05, 3.63) is 59.9 Å². The maximum Gasteiger partial charge on any atom is 0.159 e. The van der Waals surface area contributed by atoms with E-state index in [-0.39, 0.29) is 5.82 Å². The number of hydrogen-bond acceptors (Lipinski definition) is 0. The molecule has 0 unspecified atom stereocenters. The minimum Gasteiger partial charge on any atom is -0.206 e. The lowest BCUT2D eigenvalue weighted by molar-refractivity contribution is 0.631. The molecule has 0 heterocycles. The van der Waals surface area contributed by atoms with Gasteiger partial charge in [0.1, 0.15) is 5.82 Å². The van der Waals surface area contributed by atoms with Crippen molar-refractivity contribution in [2.24, 2.45) is 0 Å². The van der Waals surface area contributed by atoms with Gasteiger partial charge in [0.2, 0.25) is 0 Å². The van der Waals surface area contributed by atoms with Crippen LogP contribution < -0.4 is 0 Å². The summed E-state index contributed by atoms with van der Waals surface area (Å²) in [7, 11) is 0. The molecular weight excluding hydrogens is 415 g/mol. The van der Waals surface area contributed by atoms with E-state index in [9.17, 15) is 4.39 Å². The van der Waals surface area contributed by atoms with Gasteiger partial charge in [-0.25, -0.2) is 4.39 Å². The fourth-order valence-electron chi connectivity index (χ4n) is 1.53. The largest absolute Gasteiger partial charge is 0.206 e. The molecule has 0 saturated heterocycles. The average molecular weight is 423 g/mol. The van der Waals surface area contributed by atoms with Crippen molar-refractivity contribution in [2.45, 2.75) is 2.14 Å². The SMILES string of the molecule is Fc1ccccc1-c1ccc(C(Br)(Br)Br)cc1. The fraction of sp³-hybridized carbons (Fsp3) is 0.0769. The van der Waals surface area contributed by atoms with Gasteiger partial charge in [-0.1, -0.05) is 90.3 Å². The maximum absolute atomic E-state index is 13.6. The molecular formula is C13H8Br3F. The molecule has 0 aromatic heterocycles. The van der Waals surface area contributed by atoms with Crippen LogP contribution in [0.25, 0.3) is 11.1 Å². The van der Waals surface area contributed by atoms with Crippen molar-refractivity contribution >= 4 is 47.8 Å². The van der Waals surface area contributed by atoms with Gasteiger partial charge >= 0.3 is 0 Å². The Labute approximate surface area is 125 Å². The van der Waals surface area contributed by atoms with Crippen LogP contribution in [0.3, 0.4) is 0 Å². The molecule has 0 atom stereocenters. The van der Waals surface area contributed by atoms with E-state index in [1.54, 1.807) is 12.1 Å². The lowest BCUT2D eigenvalue weighted by Gasteiger charge is -2.13. The molecule has 0 saturated carbocycles. The number of alkyl halides is 3. The minimum atomic E-state index is -0.430. The third-order valence-electron chi connectivity index (χ3n) is 2.40. The number of hydrogen-bond donors (Lipinski definition) is 0.